The van der Waals surface area contributed by atoms with Gasteiger partial charge in [0, 0.05) is 12.3 Å². The smallest absolute Gasteiger partial charge is 0.0793 e. The van der Waals surface area contributed by atoms with Gasteiger partial charge in [0.05, 0.1) is 26.7 Å². The van der Waals surface area contributed by atoms with Crippen LogP contribution in [0.2, 0.25) is 0 Å². The van der Waals surface area contributed by atoms with Gasteiger partial charge in [-0.1, -0.05) is 60.7 Å². The first-order valence-electron chi connectivity index (χ1n) is 8.12. The van der Waals surface area contributed by atoms with Crippen LogP contribution in [0.5, 0.6) is 0 Å². The van der Waals surface area contributed by atoms with Crippen molar-refractivity contribution in [1.82, 2.24) is 0 Å². The van der Waals surface area contributed by atoms with Crippen molar-refractivity contribution in [3.05, 3.63) is 71.8 Å². The molecule has 0 aliphatic heterocycles. The molecule has 0 spiro atoms. The number of hydrogen-bond donors (Lipinski definition) is 0. The number of nitrogens with zero attached hydrogens (tertiary/aromatic N) is 1. The van der Waals surface area contributed by atoms with Crippen LogP contribution < -0.4 is 0 Å². The van der Waals surface area contributed by atoms with Crippen molar-refractivity contribution in [3.63, 3.8) is 0 Å². The summed E-state index contributed by atoms with van der Waals surface area (Å²) in [6.45, 7) is 8.22. The van der Waals surface area contributed by atoms with Gasteiger partial charge in [-0.2, -0.15) is 0 Å². The highest BCUT2D eigenvalue weighted by Crippen LogP contribution is 2.28. The Kier molecular flexibility index (Phi) is 5.58. The highest BCUT2D eigenvalue weighted by Gasteiger charge is 2.21. The highest BCUT2D eigenvalue weighted by atomic mass is 15.3. The molecule has 1 nitrogen and oxygen atoms in total. The van der Waals surface area contributed by atoms with Crippen LogP contribution in [0.4, 0.5) is 0 Å². The largest absolute Gasteiger partial charge is 0.326 e. The molecule has 1 heteroatoms. The molecule has 2 aromatic rings. The van der Waals surface area contributed by atoms with Crippen LogP contribution in [-0.2, 0) is 0 Å². The van der Waals surface area contributed by atoms with Crippen LogP contribution in [0.3, 0.4) is 0 Å². The Morgan fingerprint density at radius 2 is 1.19 bits per heavy atom. The summed E-state index contributed by atoms with van der Waals surface area (Å²) in [7, 11) is 2.37. The summed E-state index contributed by atoms with van der Waals surface area (Å²) in [6, 6.07) is 21.9. The molecule has 0 aliphatic rings. The predicted octanol–water partition coefficient (Wildman–Crippen LogP) is 4.70. The molecule has 0 unspecified atom stereocenters. The Labute approximate surface area is 129 Å². The van der Waals surface area contributed by atoms with E-state index >= 15 is 0 Å². The standard InChI is InChI=1S/C20H28N/c1-4-21(3,5-2)17-16-20(18-12-8-6-9-13-18)19-14-10-7-11-15-19/h6-15,20H,4-5,16-17H2,1-3H3/q+1. The van der Waals surface area contributed by atoms with E-state index in [2.05, 4.69) is 81.6 Å². The van der Waals surface area contributed by atoms with E-state index in [4.69, 9.17) is 0 Å². The van der Waals surface area contributed by atoms with Crippen LogP contribution in [0.25, 0.3) is 0 Å². The highest BCUT2D eigenvalue weighted by molar-refractivity contribution is 5.32. The van der Waals surface area contributed by atoms with Crippen LogP contribution in [0.1, 0.15) is 37.3 Å². The minimum absolute atomic E-state index is 0.503. The molecule has 2 rings (SSSR count). The normalized spacial score (nSPS) is 11.8. The fourth-order valence-corrected chi connectivity index (χ4v) is 2.88. The number of benzene rings is 2. The van der Waals surface area contributed by atoms with Crippen molar-refractivity contribution in [2.24, 2.45) is 0 Å². The minimum atomic E-state index is 0.503. The van der Waals surface area contributed by atoms with Crippen molar-refractivity contribution in [1.29, 1.82) is 0 Å². The first kappa shape index (κ1) is 15.8. The molecule has 0 amide bonds. The topological polar surface area (TPSA) is 0 Å². The van der Waals surface area contributed by atoms with E-state index in [0.717, 1.165) is 4.48 Å². The Hall–Kier alpha value is -1.60. The second-order valence-electron chi connectivity index (χ2n) is 6.14. The van der Waals surface area contributed by atoms with E-state index in [-0.39, 0.29) is 0 Å². The van der Waals surface area contributed by atoms with Gasteiger partial charge in [-0.25, -0.2) is 0 Å². The summed E-state index contributed by atoms with van der Waals surface area (Å²) in [4.78, 5) is 0. The molecule has 0 saturated carbocycles. The molecule has 0 saturated heterocycles. The van der Waals surface area contributed by atoms with E-state index in [0.29, 0.717) is 5.92 Å². The van der Waals surface area contributed by atoms with Gasteiger partial charge in [0.15, 0.2) is 0 Å². The molecule has 2 aromatic carbocycles. The predicted molar refractivity (Wildman–Crippen MR) is 91.5 cm³/mol. The summed E-state index contributed by atoms with van der Waals surface area (Å²) in [5.41, 5.74) is 2.87. The molecule has 0 aromatic heterocycles. The zero-order chi connectivity index (χ0) is 15.1. The van der Waals surface area contributed by atoms with Crippen molar-refractivity contribution < 1.29 is 4.48 Å². The summed E-state index contributed by atoms with van der Waals surface area (Å²) in [5, 5.41) is 0. The Balaban J connectivity index is 2.22. The fraction of sp³-hybridized carbons (Fsp3) is 0.400. The van der Waals surface area contributed by atoms with Gasteiger partial charge in [0.1, 0.15) is 0 Å². The molecule has 0 atom stereocenters. The lowest BCUT2D eigenvalue weighted by Crippen LogP contribution is -2.44. The summed E-state index contributed by atoms with van der Waals surface area (Å²) >= 11 is 0. The molecule has 112 valence electrons. The molecule has 0 heterocycles. The van der Waals surface area contributed by atoms with E-state index in [1.54, 1.807) is 0 Å². The maximum Gasteiger partial charge on any atom is 0.0793 e. The zero-order valence-electron chi connectivity index (χ0n) is 13.6. The fourth-order valence-electron chi connectivity index (χ4n) is 2.88. The molecular weight excluding hydrogens is 254 g/mol. The zero-order valence-corrected chi connectivity index (χ0v) is 13.6. The maximum atomic E-state index is 2.37. The number of hydrogen-bond acceptors (Lipinski definition) is 0. The quantitative estimate of drug-likeness (QED) is 0.646. The van der Waals surface area contributed by atoms with Crippen LogP contribution in [0.15, 0.2) is 60.7 Å². The van der Waals surface area contributed by atoms with E-state index < -0.39 is 0 Å². The summed E-state index contributed by atoms with van der Waals surface area (Å²) in [6.07, 6.45) is 1.20. The summed E-state index contributed by atoms with van der Waals surface area (Å²) < 4.78 is 1.15. The molecular formula is C20H28N+. The maximum absolute atomic E-state index is 2.37. The monoisotopic (exact) mass is 282 g/mol. The molecule has 21 heavy (non-hydrogen) atoms. The van der Waals surface area contributed by atoms with Crippen LogP contribution >= 0.6 is 0 Å². The van der Waals surface area contributed by atoms with Gasteiger partial charge in [-0.3, -0.25) is 0 Å². The average Bonchev–Trinajstić information content (AvgIpc) is 2.57. The lowest BCUT2D eigenvalue weighted by Gasteiger charge is -2.33. The third-order valence-corrected chi connectivity index (χ3v) is 4.89. The van der Waals surface area contributed by atoms with Crippen molar-refractivity contribution in [2.45, 2.75) is 26.2 Å². The van der Waals surface area contributed by atoms with E-state index in [1.165, 1.54) is 37.2 Å². The van der Waals surface area contributed by atoms with E-state index in [9.17, 15) is 0 Å². The van der Waals surface area contributed by atoms with Gasteiger partial charge in [0.25, 0.3) is 0 Å². The van der Waals surface area contributed by atoms with Crippen molar-refractivity contribution in [2.75, 3.05) is 26.7 Å². The van der Waals surface area contributed by atoms with Gasteiger partial charge in [-0.05, 0) is 25.0 Å². The van der Waals surface area contributed by atoms with Crippen LogP contribution in [0, 0.1) is 0 Å². The lowest BCUT2D eigenvalue weighted by atomic mass is 9.88. The first-order chi connectivity index (χ1) is 10.2. The SMILES string of the molecule is CC[N+](C)(CC)CCC(c1ccccc1)c1ccccc1. The lowest BCUT2D eigenvalue weighted by molar-refractivity contribution is -0.906. The molecule has 0 fully saturated rings. The first-order valence-corrected chi connectivity index (χ1v) is 8.12. The van der Waals surface area contributed by atoms with Crippen LogP contribution in [-0.4, -0.2) is 31.2 Å². The van der Waals surface area contributed by atoms with Gasteiger partial charge < -0.3 is 4.48 Å². The number of quaternary nitrogens is 1. The second-order valence-corrected chi connectivity index (χ2v) is 6.14. The van der Waals surface area contributed by atoms with Gasteiger partial charge in [0.2, 0.25) is 0 Å². The molecule has 0 radical (unpaired) electrons. The Morgan fingerprint density at radius 1 is 0.762 bits per heavy atom. The molecule has 0 N–H and O–H groups in total. The van der Waals surface area contributed by atoms with Gasteiger partial charge >= 0.3 is 0 Å². The Bertz CT molecular complexity index is 475. The van der Waals surface area contributed by atoms with Crippen molar-refractivity contribution >= 4 is 0 Å². The second kappa shape index (κ2) is 7.42. The molecule has 0 bridgehead atoms. The number of rotatable bonds is 7. The minimum Gasteiger partial charge on any atom is -0.326 e. The van der Waals surface area contributed by atoms with Gasteiger partial charge in [-0.15, -0.1) is 0 Å². The Morgan fingerprint density at radius 3 is 1.57 bits per heavy atom. The summed E-state index contributed by atoms with van der Waals surface area (Å²) in [5.74, 6) is 0.503. The van der Waals surface area contributed by atoms with E-state index in [1.807, 2.05) is 0 Å². The molecule has 0 aliphatic carbocycles. The van der Waals surface area contributed by atoms with Crippen molar-refractivity contribution in [3.8, 4) is 0 Å². The third-order valence-electron chi connectivity index (χ3n) is 4.89. The average molecular weight is 282 g/mol. The third kappa shape index (κ3) is 4.18.